The van der Waals surface area contributed by atoms with Crippen molar-refractivity contribution in [2.75, 3.05) is 19.7 Å². The molecule has 0 radical (unpaired) electrons. The number of rotatable bonds is 7. The predicted molar refractivity (Wildman–Crippen MR) is 115 cm³/mol. The highest BCUT2D eigenvalue weighted by Crippen LogP contribution is 2.35. The zero-order valence-electron chi connectivity index (χ0n) is 16.9. The van der Waals surface area contributed by atoms with Gasteiger partial charge in [-0.2, -0.15) is 0 Å². The highest BCUT2D eigenvalue weighted by molar-refractivity contribution is 6.32. The molecule has 0 bridgehead atoms. The van der Waals surface area contributed by atoms with E-state index in [1.165, 1.54) is 0 Å². The van der Waals surface area contributed by atoms with Crippen molar-refractivity contribution in [3.8, 4) is 23.0 Å². The second-order valence-corrected chi connectivity index (χ2v) is 7.79. The van der Waals surface area contributed by atoms with Gasteiger partial charge < -0.3 is 30.3 Å². The van der Waals surface area contributed by atoms with Crippen molar-refractivity contribution in [1.29, 1.82) is 0 Å². The standard InChI is InChI=1S/C22H25ClN2O6/c23-16-4-1-2-5-19(16)31-11-3-6-20(28)24-15-7-9-25(10-8-15)22(30)14-12-17(26)21(29)18(27)13-14/h1-2,4-5,12-13,15,26-27,29H,3,6-11H2,(H,24,28). The lowest BCUT2D eigenvalue weighted by atomic mass is 10.0. The van der Waals surface area contributed by atoms with Crippen LogP contribution in [0.2, 0.25) is 5.02 Å². The van der Waals surface area contributed by atoms with Gasteiger partial charge in [0.25, 0.3) is 5.91 Å². The number of aromatic hydroxyl groups is 3. The molecule has 1 fully saturated rings. The van der Waals surface area contributed by atoms with Crippen LogP contribution in [0.4, 0.5) is 0 Å². The summed E-state index contributed by atoms with van der Waals surface area (Å²) in [6.45, 7) is 1.25. The van der Waals surface area contributed by atoms with E-state index in [0.717, 1.165) is 12.1 Å². The molecule has 1 aliphatic rings. The first kappa shape index (κ1) is 22.6. The number of benzene rings is 2. The Morgan fingerprint density at radius 1 is 1.10 bits per heavy atom. The Morgan fingerprint density at radius 3 is 2.39 bits per heavy atom. The molecule has 0 spiro atoms. The van der Waals surface area contributed by atoms with Crippen molar-refractivity contribution in [3.63, 3.8) is 0 Å². The Kier molecular flexibility index (Phi) is 7.46. The number of likely N-dealkylation sites (tertiary alicyclic amines) is 1. The maximum absolute atomic E-state index is 12.6. The molecule has 2 amide bonds. The smallest absolute Gasteiger partial charge is 0.254 e. The minimum absolute atomic E-state index is 0.0253. The number of phenols is 3. The fraction of sp³-hybridized carbons (Fsp3) is 0.364. The molecule has 0 unspecified atom stereocenters. The number of nitrogens with one attached hydrogen (secondary N) is 1. The van der Waals surface area contributed by atoms with Crippen LogP contribution in [0.1, 0.15) is 36.0 Å². The summed E-state index contributed by atoms with van der Waals surface area (Å²) >= 11 is 6.02. The first-order valence-electron chi connectivity index (χ1n) is 10.1. The van der Waals surface area contributed by atoms with Crippen LogP contribution in [-0.4, -0.2) is 57.8 Å². The average molecular weight is 449 g/mol. The lowest BCUT2D eigenvalue weighted by molar-refractivity contribution is -0.122. The van der Waals surface area contributed by atoms with Crippen LogP contribution in [0, 0.1) is 0 Å². The van der Waals surface area contributed by atoms with Gasteiger partial charge in [-0.25, -0.2) is 0 Å². The van der Waals surface area contributed by atoms with E-state index in [1.54, 1.807) is 17.0 Å². The van der Waals surface area contributed by atoms with E-state index in [1.807, 2.05) is 12.1 Å². The lowest BCUT2D eigenvalue weighted by Crippen LogP contribution is -2.46. The maximum atomic E-state index is 12.6. The minimum Gasteiger partial charge on any atom is -0.504 e. The second-order valence-electron chi connectivity index (χ2n) is 7.38. The van der Waals surface area contributed by atoms with Crippen LogP contribution in [0.15, 0.2) is 36.4 Å². The van der Waals surface area contributed by atoms with E-state index in [0.29, 0.717) is 56.2 Å². The van der Waals surface area contributed by atoms with Crippen LogP contribution >= 0.6 is 11.6 Å². The van der Waals surface area contributed by atoms with Gasteiger partial charge in [0.05, 0.1) is 11.6 Å². The molecule has 9 heteroatoms. The molecule has 0 aliphatic carbocycles. The molecule has 2 aromatic rings. The molecular formula is C22H25ClN2O6. The van der Waals surface area contributed by atoms with Crippen molar-refractivity contribution < 1.29 is 29.6 Å². The second kappa shape index (κ2) is 10.3. The molecule has 1 saturated heterocycles. The molecule has 3 rings (SSSR count). The summed E-state index contributed by atoms with van der Waals surface area (Å²) in [7, 11) is 0. The number of ether oxygens (including phenoxy) is 1. The summed E-state index contributed by atoms with van der Waals surface area (Å²) in [6.07, 6.45) is 2.09. The average Bonchev–Trinajstić information content (AvgIpc) is 2.76. The van der Waals surface area contributed by atoms with Crippen LogP contribution in [-0.2, 0) is 4.79 Å². The third kappa shape index (κ3) is 5.95. The number of phenolic OH excluding ortho intramolecular Hbond substituents is 3. The number of hydrogen-bond donors (Lipinski definition) is 4. The zero-order valence-corrected chi connectivity index (χ0v) is 17.6. The van der Waals surface area contributed by atoms with Gasteiger partial charge in [-0.05, 0) is 43.5 Å². The van der Waals surface area contributed by atoms with Gasteiger partial charge in [0, 0.05) is 31.1 Å². The molecule has 0 aromatic heterocycles. The molecule has 2 aromatic carbocycles. The van der Waals surface area contributed by atoms with Gasteiger partial charge in [-0.3, -0.25) is 9.59 Å². The number of nitrogens with zero attached hydrogens (tertiary/aromatic N) is 1. The Hall–Kier alpha value is -3.13. The third-order valence-corrected chi connectivity index (χ3v) is 5.42. The van der Waals surface area contributed by atoms with E-state index in [9.17, 15) is 24.9 Å². The molecule has 31 heavy (non-hydrogen) atoms. The van der Waals surface area contributed by atoms with Crippen molar-refractivity contribution in [3.05, 3.63) is 47.0 Å². The number of halogens is 1. The Balaban J connectivity index is 1.39. The van der Waals surface area contributed by atoms with Crippen LogP contribution < -0.4 is 10.1 Å². The van der Waals surface area contributed by atoms with Crippen molar-refractivity contribution in [1.82, 2.24) is 10.2 Å². The van der Waals surface area contributed by atoms with E-state index < -0.39 is 17.2 Å². The first-order chi connectivity index (χ1) is 14.8. The van der Waals surface area contributed by atoms with Crippen molar-refractivity contribution >= 4 is 23.4 Å². The van der Waals surface area contributed by atoms with Gasteiger partial charge in [0.2, 0.25) is 5.91 Å². The molecule has 1 aliphatic heterocycles. The Morgan fingerprint density at radius 2 is 1.74 bits per heavy atom. The lowest BCUT2D eigenvalue weighted by Gasteiger charge is -2.32. The van der Waals surface area contributed by atoms with Crippen LogP contribution in [0.3, 0.4) is 0 Å². The van der Waals surface area contributed by atoms with E-state index in [-0.39, 0.29) is 23.4 Å². The largest absolute Gasteiger partial charge is 0.504 e. The Bertz CT molecular complexity index is 920. The molecular weight excluding hydrogens is 424 g/mol. The topological polar surface area (TPSA) is 119 Å². The van der Waals surface area contributed by atoms with Crippen molar-refractivity contribution in [2.45, 2.75) is 31.7 Å². The van der Waals surface area contributed by atoms with Gasteiger partial charge in [0.15, 0.2) is 17.2 Å². The molecule has 4 N–H and O–H groups in total. The monoisotopic (exact) mass is 448 g/mol. The number of amides is 2. The molecule has 166 valence electrons. The molecule has 8 nitrogen and oxygen atoms in total. The van der Waals surface area contributed by atoms with Crippen LogP contribution in [0.5, 0.6) is 23.0 Å². The summed E-state index contributed by atoms with van der Waals surface area (Å²) in [5.74, 6) is -1.59. The highest BCUT2D eigenvalue weighted by Gasteiger charge is 2.25. The number of carbonyl (C=O) groups is 2. The van der Waals surface area contributed by atoms with Gasteiger partial charge in [-0.1, -0.05) is 23.7 Å². The minimum atomic E-state index is -0.657. The van der Waals surface area contributed by atoms with Gasteiger partial charge in [-0.15, -0.1) is 0 Å². The van der Waals surface area contributed by atoms with E-state index in [2.05, 4.69) is 5.32 Å². The fourth-order valence-electron chi connectivity index (χ4n) is 3.41. The summed E-state index contributed by atoms with van der Waals surface area (Å²) in [4.78, 5) is 26.3. The summed E-state index contributed by atoms with van der Waals surface area (Å²) in [5, 5.41) is 32.1. The summed E-state index contributed by atoms with van der Waals surface area (Å²) in [5.41, 5.74) is 0.0915. The highest BCUT2D eigenvalue weighted by atomic mass is 35.5. The number of para-hydroxylation sites is 1. The molecule has 1 heterocycles. The number of hydrogen-bond acceptors (Lipinski definition) is 6. The number of carbonyl (C=O) groups excluding carboxylic acids is 2. The Labute approximate surface area is 185 Å². The van der Waals surface area contributed by atoms with Crippen molar-refractivity contribution in [2.24, 2.45) is 0 Å². The normalized spacial score (nSPS) is 14.3. The van der Waals surface area contributed by atoms with E-state index >= 15 is 0 Å². The summed E-state index contributed by atoms with van der Waals surface area (Å²) in [6, 6.07) is 9.39. The first-order valence-corrected chi connectivity index (χ1v) is 10.4. The third-order valence-electron chi connectivity index (χ3n) is 5.11. The van der Waals surface area contributed by atoms with Gasteiger partial charge >= 0.3 is 0 Å². The number of piperidine rings is 1. The predicted octanol–water partition coefficient (Wildman–Crippen LogP) is 3.04. The quantitative estimate of drug-likeness (QED) is 0.382. The maximum Gasteiger partial charge on any atom is 0.254 e. The van der Waals surface area contributed by atoms with E-state index in [4.69, 9.17) is 16.3 Å². The van der Waals surface area contributed by atoms with Crippen LogP contribution in [0.25, 0.3) is 0 Å². The SMILES string of the molecule is O=C(CCCOc1ccccc1Cl)NC1CCN(C(=O)c2cc(O)c(O)c(O)c2)CC1. The van der Waals surface area contributed by atoms with Gasteiger partial charge in [0.1, 0.15) is 5.75 Å². The molecule has 0 saturated carbocycles. The summed E-state index contributed by atoms with van der Waals surface area (Å²) < 4.78 is 5.58. The zero-order chi connectivity index (χ0) is 22.4. The fourth-order valence-corrected chi connectivity index (χ4v) is 3.60. The molecule has 0 atom stereocenters.